The van der Waals surface area contributed by atoms with Crippen molar-refractivity contribution >= 4 is 11.9 Å². The molecule has 154 valence electrons. The summed E-state index contributed by atoms with van der Waals surface area (Å²) in [6.07, 6.45) is 2.84. The van der Waals surface area contributed by atoms with Gasteiger partial charge in [0, 0.05) is 19.7 Å². The van der Waals surface area contributed by atoms with Gasteiger partial charge in [0.05, 0.1) is 18.6 Å². The molecule has 2 aliphatic rings. The van der Waals surface area contributed by atoms with E-state index in [2.05, 4.69) is 6.92 Å². The highest BCUT2D eigenvalue weighted by atomic mass is 16.5. The topological polar surface area (TPSA) is 85.3 Å². The van der Waals surface area contributed by atoms with E-state index in [0.717, 1.165) is 25.0 Å². The summed E-state index contributed by atoms with van der Waals surface area (Å²) in [5.41, 5.74) is 0. The van der Waals surface area contributed by atoms with Crippen LogP contribution in [0.4, 0.5) is 0 Å². The summed E-state index contributed by atoms with van der Waals surface area (Å²) in [5.74, 6) is 0.378. The molecule has 0 aliphatic carbocycles. The Balaban J connectivity index is 1.42. The Kier molecular flexibility index (Phi) is 7.14. The number of hydrogen-bond acceptors (Lipinski definition) is 5. The van der Waals surface area contributed by atoms with Crippen molar-refractivity contribution in [2.45, 2.75) is 38.7 Å². The molecule has 2 saturated heterocycles. The number of carbonyl (C=O) groups is 2. The van der Waals surface area contributed by atoms with E-state index in [-0.39, 0.29) is 24.5 Å². The lowest BCUT2D eigenvalue weighted by Crippen LogP contribution is -2.44. The molecular weight excluding hydrogens is 362 g/mol. The monoisotopic (exact) mass is 391 g/mol. The molecule has 28 heavy (non-hydrogen) atoms. The molecular formula is C21H29NO6. The van der Waals surface area contributed by atoms with Crippen LogP contribution in [0.2, 0.25) is 0 Å². The van der Waals surface area contributed by atoms with Crippen LogP contribution < -0.4 is 9.47 Å². The Hall–Kier alpha value is -2.28. The minimum absolute atomic E-state index is 0.00247. The highest BCUT2D eigenvalue weighted by Gasteiger charge is 2.40. The second-order valence-corrected chi connectivity index (χ2v) is 7.40. The Morgan fingerprint density at radius 3 is 2.36 bits per heavy atom. The number of hydrogen-bond donors (Lipinski definition) is 1. The third-order valence-electron chi connectivity index (χ3n) is 5.47. The van der Waals surface area contributed by atoms with Crippen LogP contribution in [0.1, 0.15) is 32.6 Å². The van der Waals surface area contributed by atoms with Gasteiger partial charge < -0.3 is 24.2 Å². The van der Waals surface area contributed by atoms with Gasteiger partial charge in [-0.1, -0.05) is 6.92 Å². The van der Waals surface area contributed by atoms with E-state index in [1.54, 1.807) is 17.0 Å². The summed E-state index contributed by atoms with van der Waals surface area (Å²) in [6.45, 7) is 4.46. The van der Waals surface area contributed by atoms with Crippen molar-refractivity contribution in [2.75, 3.05) is 32.9 Å². The van der Waals surface area contributed by atoms with Gasteiger partial charge in [0.25, 0.3) is 5.91 Å². The second kappa shape index (κ2) is 9.78. The fourth-order valence-electron chi connectivity index (χ4n) is 3.91. The van der Waals surface area contributed by atoms with Crippen LogP contribution >= 0.6 is 0 Å². The predicted molar refractivity (Wildman–Crippen MR) is 103 cm³/mol. The first-order valence-corrected chi connectivity index (χ1v) is 10.1. The number of amides is 1. The molecule has 1 amide bonds. The smallest absolute Gasteiger partial charge is 0.309 e. The normalized spacial score (nSPS) is 22.8. The molecule has 2 heterocycles. The van der Waals surface area contributed by atoms with Crippen molar-refractivity contribution in [3.05, 3.63) is 24.3 Å². The van der Waals surface area contributed by atoms with Crippen molar-refractivity contribution < 1.29 is 28.9 Å². The minimum atomic E-state index is -0.777. The molecule has 0 spiro atoms. The molecule has 1 unspecified atom stereocenters. The van der Waals surface area contributed by atoms with Gasteiger partial charge in [0.2, 0.25) is 0 Å². The van der Waals surface area contributed by atoms with Gasteiger partial charge in [-0.25, -0.2) is 0 Å². The Bertz CT molecular complexity index is 653. The maximum atomic E-state index is 12.4. The number of benzene rings is 1. The van der Waals surface area contributed by atoms with Crippen LogP contribution in [-0.4, -0.2) is 60.9 Å². The van der Waals surface area contributed by atoms with Crippen LogP contribution in [0.15, 0.2) is 24.3 Å². The van der Waals surface area contributed by atoms with Gasteiger partial charge in [-0.05, 0) is 55.9 Å². The molecule has 7 heteroatoms. The molecule has 1 aromatic rings. The predicted octanol–water partition coefficient (Wildman–Crippen LogP) is 2.58. The summed E-state index contributed by atoms with van der Waals surface area (Å²) in [6, 6.07) is 7.27. The zero-order valence-electron chi connectivity index (χ0n) is 16.3. The molecule has 0 bridgehead atoms. The van der Waals surface area contributed by atoms with Gasteiger partial charge in [-0.3, -0.25) is 9.59 Å². The number of likely N-dealkylation sites (tertiary alicyclic amines) is 1. The lowest BCUT2D eigenvalue weighted by molar-refractivity contribution is -0.146. The zero-order valence-corrected chi connectivity index (χ0v) is 16.3. The Morgan fingerprint density at radius 2 is 1.75 bits per heavy atom. The van der Waals surface area contributed by atoms with Crippen LogP contribution in [0.25, 0.3) is 0 Å². The number of carboxylic acids is 1. The number of piperidine rings is 1. The standard InChI is InChI=1S/C21H29NO6/c1-2-12-26-16-3-5-17(6-4-16)28-14-19(23)22-10-7-15(8-11-22)20-18(21(24)25)9-13-27-20/h3-6,15,18,20H,2,7-14H2,1H3,(H,24,25)/t18?,20-/m0/s1. The summed E-state index contributed by atoms with van der Waals surface area (Å²) < 4.78 is 16.8. The van der Waals surface area contributed by atoms with Crippen LogP contribution in [0.5, 0.6) is 11.5 Å². The first kappa shape index (κ1) is 20.5. The highest BCUT2D eigenvalue weighted by molar-refractivity contribution is 5.78. The van der Waals surface area contributed by atoms with E-state index in [1.165, 1.54) is 0 Å². The van der Waals surface area contributed by atoms with E-state index in [4.69, 9.17) is 14.2 Å². The maximum absolute atomic E-state index is 12.4. The summed E-state index contributed by atoms with van der Waals surface area (Å²) >= 11 is 0. The van der Waals surface area contributed by atoms with E-state index in [9.17, 15) is 14.7 Å². The van der Waals surface area contributed by atoms with Gasteiger partial charge in [0.15, 0.2) is 6.61 Å². The van der Waals surface area contributed by atoms with Crippen molar-refractivity contribution in [3.63, 3.8) is 0 Å². The number of carboxylic acid groups (broad SMARTS) is 1. The largest absolute Gasteiger partial charge is 0.494 e. The number of aliphatic carboxylic acids is 1. The molecule has 2 fully saturated rings. The van der Waals surface area contributed by atoms with Crippen molar-refractivity contribution in [3.8, 4) is 11.5 Å². The van der Waals surface area contributed by atoms with E-state index in [1.807, 2.05) is 12.1 Å². The average molecular weight is 391 g/mol. The SMILES string of the molecule is CCCOc1ccc(OCC(=O)N2CCC([C@@H]3OCCC3C(=O)O)CC2)cc1. The summed E-state index contributed by atoms with van der Waals surface area (Å²) in [7, 11) is 0. The fourth-order valence-corrected chi connectivity index (χ4v) is 3.91. The van der Waals surface area contributed by atoms with E-state index in [0.29, 0.717) is 38.5 Å². The summed E-state index contributed by atoms with van der Waals surface area (Å²) in [4.78, 5) is 25.6. The fraction of sp³-hybridized carbons (Fsp3) is 0.619. The molecule has 3 rings (SSSR count). The molecule has 1 N–H and O–H groups in total. The maximum Gasteiger partial charge on any atom is 0.309 e. The molecule has 0 saturated carbocycles. The third-order valence-corrected chi connectivity index (χ3v) is 5.47. The number of ether oxygens (including phenoxy) is 3. The van der Waals surface area contributed by atoms with Crippen LogP contribution in [0, 0.1) is 11.8 Å². The zero-order chi connectivity index (χ0) is 19.9. The van der Waals surface area contributed by atoms with Crippen molar-refractivity contribution in [1.82, 2.24) is 4.90 Å². The quantitative estimate of drug-likeness (QED) is 0.733. The van der Waals surface area contributed by atoms with E-state index < -0.39 is 11.9 Å². The van der Waals surface area contributed by atoms with Crippen LogP contribution in [0.3, 0.4) is 0 Å². The average Bonchev–Trinajstić information content (AvgIpc) is 3.21. The van der Waals surface area contributed by atoms with Crippen LogP contribution in [-0.2, 0) is 14.3 Å². The Labute approximate surface area is 165 Å². The number of carbonyl (C=O) groups excluding carboxylic acids is 1. The molecule has 2 aliphatic heterocycles. The number of nitrogens with zero attached hydrogens (tertiary/aromatic N) is 1. The lowest BCUT2D eigenvalue weighted by Gasteiger charge is -2.35. The van der Waals surface area contributed by atoms with Crippen molar-refractivity contribution in [1.29, 1.82) is 0 Å². The van der Waals surface area contributed by atoms with E-state index >= 15 is 0 Å². The first-order chi connectivity index (χ1) is 13.6. The summed E-state index contributed by atoms with van der Waals surface area (Å²) in [5, 5.41) is 9.32. The Morgan fingerprint density at radius 1 is 1.11 bits per heavy atom. The highest BCUT2D eigenvalue weighted by Crippen LogP contribution is 2.33. The van der Waals surface area contributed by atoms with Gasteiger partial charge in [-0.15, -0.1) is 0 Å². The molecule has 1 aromatic carbocycles. The minimum Gasteiger partial charge on any atom is -0.494 e. The number of rotatable bonds is 8. The molecule has 7 nitrogen and oxygen atoms in total. The second-order valence-electron chi connectivity index (χ2n) is 7.40. The van der Waals surface area contributed by atoms with Gasteiger partial charge in [0.1, 0.15) is 11.5 Å². The lowest BCUT2D eigenvalue weighted by atomic mass is 9.84. The van der Waals surface area contributed by atoms with Crippen molar-refractivity contribution in [2.24, 2.45) is 11.8 Å². The molecule has 0 aromatic heterocycles. The molecule has 2 atom stereocenters. The van der Waals surface area contributed by atoms with Gasteiger partial charge in [-0.2, -0.15) is 0 Å². The molecule has 0 radical (unpaired) electrons. The first-order valence-electron chi connectivity index (χ1n) is 10.1. The van der Waals surface area contributed by atoms with Gasteiger partial charge >= 0.3 is 5.97 Å². The third kappa shape index (κ3) is 5.16.